The first-order valence-corrected chi connectivity index (χ1v) is 9.96. The minimum Gasteiger partial charge on any atom is -0.337 e. The molecule has 0 spiro atoms. The fourth-order valence-corrected chi connectivity index (χ4v) is 4.23. The number of carbonyl (C=O) groups excluding carboxylic acids is 2. The fraction of sp³-hybridized carbons (Fsp3) is 0.300. The molecule has 4 rings (SSSR count). The van der Waals surface area contributed by atoms with Crippen LogP contribution >= 0.6 is 11.8 Å². The average molecular weight is 367 g/mol. The number of thioether (sulfide) groups is 1. The minimum absolute atomic E-state index is 0.0677. The van der Waals surface area contributed by atoms with Crippen molar-refractivity contribution < 1.29 is 9.59 Å². The molecule has 0 radical (unpaired) electrons. The number of hydrogen-bond acceptors (Lipinski definition) is 3. The number of benzene rings is 2. The second-order valence-corrected chi connectivity index (χ2v) is 7.76. The Morgan fingerprint density at radius 2 is 1.46 bits per heavy atom. The van der Waals surface area contributed by atoms with Gasteiger partial charge in [-0.1, -0.05) is 24.3 Å². The maximum absolute atomic E-state index is 12.5. The zero-order valence-electron chi connectivity index (χ0n) is 14.5. The van der Waals surface area contributed by atoms with E-state index >= 15 is 0 Å². The molecule has 1 saturated heterocycles. The van der Waals surface area contributed by atoms with Gasteiger partial charge in [-0.05, 0) is 35.4 Å². The van der Waals surface area contributed by atoms with Crippen LogP contribution in [0.25, 0.3) is 0 Å². The Bertz CT molecular complexity index is 791. The van der Waals surface area contributed by atoms with Gasteiger partial charge >= 0.3 is 6.03 Å². The van der Waals surface area contributed by atoms with E-state index in [1.54, 1.807) is 29.2 Å². The normalized spacial score (nSPS) is 16.3. The maximum atomic E-state index is 12.5. The number of anilines is 1. The molecule has 6 heteroatoms. The SMILES string of the molecule is O=C(Nc1ccc(C(=O)N2CCSCC2)cc1)N1Cc2ccccc2C1. The first kappa shape index (κ1) is 17.0. The highest BCUT2D eigenvalue weighted by molar-refractivity contribution is 7.99. The van der Waals surface area contributed by atoms with E-state index in [0.29, 0.717) is 24.3 Å². The molecular weight excluding hydrogens is 346 g/mol. The minimum atomic E-state index is -0.117. The number of nitrogens with zero attached hydrogens (tertiary/aromatic N) is 2. The molecule has 2 aromatic carbocycles. The van der Waals surface area contributed by atoms with E-state index in [4.69, 9.17) is 0 Å². The third kappa shape index (κ3) is 3.55. The molecule has 0 bridgehead atoms. The van der Waals surface area contributed by atoms with Gasteiger partial charge in [0.1, 0.15) is 0 Å². The number of fused-ring (bicyclic) bond motifs is 1. The molecule has 0 unspecified atom stereocenters. The van der Waals surface area contributed by atoms with Gasteiger partial charge in [-0.3, -0.25) is 4.79 Å². The molecule has 1 N–H and O–H groups in total. The first-order valence-electron chi connectivity index (χ1n) is 8.80. The van der Waals surface area contributed by atoms with Gasteiger partial charge in [0.05, 0.1) is 0 Å². The summed E-state index contributed by atoms with van der Waals surface area (Å²) in [6.07, 6.45) is 0. The molecule has 2 aromatic rings. The highest BCUT2D eigenvalue weighted by atomic mass is 32.2. The molecule has 0 atom stereocenters. The van der Waals surface area contributed by atoms with Gasteiger partial charge in [0.15, 0.2) is 0 Å². The molecule has 3 amide bonds. The number of urea groups is 1. The van der Waals surface area contributed by atoms with Gasteiger partial charge in [0, 0.05) is 48.9 Å². The van der Waals surface area contributed by atoms with E-state index in [-0.39, 0.29) is 11.9 Å². The number of nitrogens with one attached hydrogen (secondary N) is 1. The molecule has 2 aliphatic rings. The predicted molar refractivity (Wildman–Crippen MR) is 104 cm³/mol. The highest BCUT2D eigenvalue weighted by Gasteiger charge is 2.23. The van der Waals surface area contributed by atoms with E-state index in [2.05, 4.69) is 17.4 Å². The van der Waals surface area contributed by atoms with Crippen molar-refractivity contribution in [3.8, 4) is 0 Å². The quantitative estimate of drug-likeness (QED) is 0.885. The van der Waals surface area contributed by atoms with Gasteiger partial charge in [-0.25, -0.2) is 4.79 Å². The van der Waals surface area contributed by atoms with Crippen LogP contribution in [0.15, 0.2) is 48.5 Å². The van der Waals surface area contributed by atoms with Gasteiger partial charge in [-0.2, -0.15) is 11.8 Å². The van der Waals surface area contributed by atoms with Crippen molar-refractivity contribution in [2.24, 2.45) is 0 Å². The number of rotatable bonds is 2. The van der Waals surface area contributed by atoms with Gasteiger partial charge in [-0.15, -0.1) is 0 Å². The summed E-state index contributed by atoms with van der Waals surface area (Å²) in [5, 5.41) is 2.92. The lowest BCUT2D eigenvalue weighted by Crippen LogP contribution is -2.37. The Hall–Kier alpha value is -2.47. The van der Waals surface area contributed by atoms with Crippen LogP contribution < -0.4 is 5.32 Å². The largest absolute Gasteiger partial charge is 0.337 e. The molecule has 1 fully saturated rings. The Morgan fingerprint density at radius 1 is 0.846 bits per heavy atom. The molecule has 134 valence electrons. The second-order valence-electron chi connectivity index (χ2n) is 6.54. The predicted octanol–water partition coefficient (Wildman–Crippen LogP) is 3.42. The van der Waals surface area contributed by atoms with Crippen LogP contribution in [0, 0.1) is 0 Å². The van der Waals surface area contributed by atoms with Gasteiger partial charge in [0.25, 0.3) is 5.91 Å². The lowest BCUT2D eigenvalue weighted by Gasteiger charge is -2.26. The monoisotopic (exact) mass is 367 g/mol. The Kier molecular flexibility index (Phi) is 4.84. The van der Waals surface area contributed by atoms with Crippen molar-refractivity contribution in [2.75, 3.05) is 29.9 Å². The zero-order valence-corrected chi connectivity index (χ0v) is 15.3. The van der Waals surface area contributed by atoms with Crippen LogP contribution in [0.1, 0.15) is 21.5 Å². The molecule has 5 nitrogen and oxygen atoms in total. The van der Waals surface area contributed by atoms with Crippen LogP contribution in [-0.2, 0) is 13.1 Å². The zero-order chi connectivity index (χ0) is 17.9. The molecule has 0 aliphatic carbocycles. The summed E-state index contributed by atoms with van der Waals surface area (Å²) in [4.78, 5) is 28.7. The van der Waals surface area contributed by atoms with Crippen LogP contribution in [0.3, 0.4) is 0 Å². The molecule has 0 saturated carbocycles. The van der Waals surface area contributed by atoms with Crippen molar-refractivity contribution in [2.45, 2.75) is 13.1 Å². The summed E-state index contributed by atoms with van der Waals surface area (Å²) >= 11 is 1.88. The van der Waals surface area contributed by atoms with Crippen molar-refractivity contribution in [1.82, 2.24) is 9.80 Å². The standard InChI is InChI=1S/C20H21N3O2S/c24-19(22-9-11-26-12-10-22)15-5-7-18(8-6-15)21-20(25)23-13-16-3-1-2-4-17(16)14-23/h1-8H,9-14H2,(H,21,25). The molecule has 2 heterocycles. The average Bonchev–Trinajstić information content (AvgIpc) is 3.13. The molecule has 2 aliphatic heterocycles. The van der Waals surface area contributed by atoms with Gasteiger partial charge < -0.3 is 15.1 Å². The topological polar surface area (TPSA) is 52.7 Å². The number of hydrogen-bond donors (Lipinski definition) is 1. The fourth-order valence-electron chi connectivity index (χ4n) is 3.32. The summed E-state index contributed by atoms with van der Waals surface area (Å²) in [6, 6.07) is 15.2. The summed E-state index contributed by atoms with van der Waals surface area (Å²) < 4.78 is 0. The summed E-state index contributed by atoms with van der Waals surface area (Å²) in [5.41, 5.74) is 3.77. The van der Waals surface area contributed by atoms with Crippen LogP contribution in [0.4, 0.5) is 10.5 Å². The van der Waals surface area contributed by atoms with E-state index < -0.39 is 0 Å². The summed E-state index contributed by atoms with van der Waals surface area (Å²) in [7, 11) is 0. The van der Waals surface area contributed by atoms with Crippen molar-refractivity contribution in [1.29, 1.82) is 0 Å². The highest BCUT2D eigenvalue weighted by Crippen LogP contribution is 2.23. The number of amides is 3. The Morgan fingerprint density at radius 3 is 2.08 bits per heavy atom. The lowest BCUT2D eigenvalue weighted by atomic mass is 10.1. The molecular formula is C20H21N3O2S. The molecule has 0 aromatic heterocycles. The smallest absolute Gasteiger partial charge is 0.322 e. The first-order chi connectivity index (χ1) is 12.7. The second kappa shape index (κ2) is 7.41. The van der Waals surface area contributed by atoms with Crippen LogP contribution in [0.5, 0.6) is 0 Å². The number of carbonyl (C=O) groups is 2. The summed E-state index contributed by atoms with van der Waals surface area (Å²) in [5.74, 6) is 2.06. The van der Waals surface area contributed by atoms with Crippen molar-refractivity contribution >= 4 is 29.4 Å². The van der Waals surface area contributed by atoms with E-state index in [1.165, 1.54) is 11.1 Å². The third-order valence-electron chi connectivity index (χ3n) is 4.81. The van der Waals surface area contributed by atoms with Crippen molar-refractivity contribution in [3.05, 3.63) is 65.2 Å². The summed E-state index contributed by atoms with van der Waals surface area (Å²) in [6.45, 7) is 2.87. The van der Waals surface area contributed by atoms with E-state index in [9.17, 15) is 9.59 Å². The lowest BCUT2D eigenvalue weighted by molar-refractivity contribution is 0.0772. The molecule has 26 heavy (non-hydrogen) atoms. The maximum Gasteiger partial charge on any atom is 0.322 e. The van der Waals surface area contributed by atoms with E-state index in [1.807, 2.05) is 28.8 Å². The van der Waals surface area contributed by atoms with Crippen molar-refractivity contribution in [3.63, 3.8) is 0 Å². The Labute approximate surface area is 157 Å². The van der Waals surface area contributed by atoms with Gasteiger partial charge in [0.2, 0.25) is 0 Å². The van der Waals surface area contributed by atoms with Crippen LogP contribution in [-0.4, -0.2) is 46.3 Å². The van der Waals surface area contributed by atoms with E-state index in [0.717, 1.165) is 24.6 Å². The Balaban J connectivity index is 1.37. The van der Waals surface area contributed by atoms with Crippen LogP contribution in [0.2, 0.25) is 0 Å². The third-order valence-corrected chi connectivity index (χ3v) is 5.75.